The topological polar surface area (TPSA) is 70.7 Å². The summed E-state index contributed by atoms with van der Waals surface area (Å²) in [5.74, 6) is 0. The summed E-state index contributed by atoms with van der Waals surface area (Å²) in [5, 5.41) is 5.98. The molecule has 6 heteroatoms. The number of benzene rings is 1. The fraction of sp³-hybridized carbons (Fsp3) is 0.636. The summed E-state index contributed by atoms with van der Waals surface area (Å²) < 4.78 is 5.13. The van der Waals surface area contributed by atoms with E-state index in [1.165, 1.54) is 16.7 Å². The minimum Gasteiger partial charge on any atom is -0.447 e. The number of rotatable bonds is 6. The second-order valence-electron chi connectivity index (χ2n) is 8.65. The number of amides is 3. The maximum absolute atomic E-state index is 12.5. The zero-order valence-corrected chi connectivity index (χ0v) is 18.1. The number of carbonyl (C=O) groups is 2. The fourth-order valence-electron chi connectivity index (χ4n) is 3.22. The number of nitrogens with one attached hydrogen (secondary N) is 2. The quantitative estimate of drug-likeness (QED) is 0.772. The predicted octanol–water partition coefficient (Wildman–Crippen LogP) is 4.01. The zero-order chi connectivity index (χ0) is 20.9. The molecule has 1 unspecified atom stereocenters. The van der Waals surface area contributed by atoms with Gasteiger partial charge in [0.1, 0.15) is 0 Å². The van der Waals surface area contributed by atoms with Gasteiger partial charge in [-0.15, -0.1) is 0 Å². The number of alkyl carbamates (subject to hydrolysis) is 1. The van der Waals surface area contributed by atoms with E-state index in [0.29, 0.717) is 6.54 Å². The normalized spacial score (nSPS) is 15.0. The Labute approximate surface area is 169 Å². The number of carbonyl (C=O) groups excluding carboxylic acids is 2. The van der Waals surface area contributed by atoms with E-state index in [1.54, 1.807) is 0 Å². The number of hydrogen-bond acceptors (Lipinski definition) is 3. The van der Waals surface area contributed by atoms with E-state index in [4.69, 9.17) is 4.74 Å². The van der Waals surface area contributed by atoms with Crippen LogP contribution in [0.3, 0.4) is 0 Å². The smallest absolute Gasteiger partial charge is 0.407 e. The molecule has 1 aromatic carbocycles. The lowest BCUT2D eigenvalue weighted by molar-refractivity contribution is 0.113. The average Bonchev–Trinajstić information content (AvgIpc) is 2.59. The van der Waals surface area contributed by atoms with Crippen molar-refractivity contribution in [3.8, 4) is 0 Å². The van der Waals surface area contributed by atoms with Crippen molar-refractivity contribution >= 4 is 12.1 Å². The summed E-state index contributed by atoms with van der Waals surface area (Å²) in [7, 11) is 0. The molecule has 0 spiro atoms. The van der Waals surface area contributed by atoms with Crippen LogP contribution in [0.2, 0.25) is 0 Å². The molecule has 0 fully saturated rings. The second kappa shape index (κ2) is 9.30. The molecule has 1 aromatic rings. The fourth-order valence-corrected chi connectivity index (χ4v) is 3.22. The summed E-state index contributed by atoms with van der Waals surface area (Å²) in [6.07, 6.45) is 1.98. The molecule has 0 saturated heterocycles. The number of nitrogens with zero attached hydrogens (tertiary/aromatic N) is 1. The van der Waals surface area contributed by atoms with E-state index >= 15 is 0 Å². The monoisotopic (exact) mass is 389 g/mol. The van der Waals surface area contributed by atoms with Gasteiger partial charge in [-0.05, 0) is 70.6 Å². The summed E-state index contributed by atoms with van der Waals surface area (Å²) in [6, 6.07) is 6.39. The Morgan fingerprint density at radius 2 is 1.93 bits per heavy atom. The SMILES string of the molecule is CCC(C)(C)NC(=O)N1CCc2cc(CC(C)NC(=O)OC(C)C)ccc2C1. The van der Waals surface area contributed by atoms with Gasteiger partial charge >= 0.3 is 12.1 Å². The van der Waals surface area contributed by atoms with Gasteiger partial charge in [-0.1, -0.05) is 25.1 Å². The van der Waals surface area contributed by atoms with Crippen LogP contribution in [0.15, 0.2) is 18.2 Å². The number of ether oxygens (including phenoxy) is 1. The van der Waals surface area contributed by atoms with E-state index in [-0.39, 0.29) is 29.8 Å². The van der Waals surface area contributed by atoms with E-state index in [1.807, 2.05) is 39.5 Å². The third kappa shape index (κ3) is 6.43. The molecule has 1 atom stereocenters. The maximum Gasteiger partial charge on any atom is 0.407 e. The molecular weight excluding hydrogens is 354 g/mol. The van der Waals surface area contributed by atoms with Gasteiger partial charge in [-0.3, -0.25) is 0 Å². The van der Waals surface area contributed by atoms with E-state index < -0.39 is 0 Å². The second-order valence-corrected chi connectivity index (χ2v) is 8.65. The van der Waals surface area contributed by atoms with Gasteiger partial charge in [0, 0.05) is 24.7 Å². The molecule has 0 saturated carbocycles. The van der Waals surface area contributed by atoms with Gasteiger partial charge in [0.2, 0.25) is 0 Å². The standard InChI is InChI=1S/C22H35N3O3/c1-7-22(5,6)24-20(26)25-11-10-18-13-17(8-9-19(18)14-25)12-16(4)23-21(27)28-15(2)3/h8-9,13,15-16H,7,10-12,14H2,1-6H3,(H,23,27)(H,24,26). The van der Waals surface area contributed by atoms with Crippen molar-refractivity contribution in [2.75, 3.05) is 6.54 Å². The van der Waals surface area contributed by atoms with Gasteiger partial charge in [0.25, 0.3) is 0 Å². The molecule has 1 aliphatic heterocycles. The Hall–Kier alpha value is -2.24. The minimum absolute atomic E-state index is 0.00284. The van der Waals surface area contributed by atoms with Crippen LogP contribution in [0.25, 0.3) is 0 Å². The van der Waals surface area contributed by atoms with E-state index in [0.717, 1.165) is 25.8 Å². The van der Waals surface area contributed by atoms with Crippen LogP contribution in [-0.2, 0) is 24.1 Å². The van der Waals surface area contributed by atoms with Crippen molar-refractivity contribution in [2.24, 2.45) is 0 Å². The number of hydrogen-bond donors (Lipinski definition) is 2. The molecule has 3 amide bonds. The largest absolute Gasteiger partial charge is 0.447 e. The van der Waals surface area contributed by atoms with E-state index in [9.17, 15) is 9.59 Å². The van der Waals surface area contributed by atoms with Crippen LogP contribution in [0.5, 0.6) is 0 Å². The van der Waals surface area contributed by atoms with Gasteiger partial charge < -0.3 is 20.3 Å². The lowest BCUT2D eigenvalue weighted by Gasteiger charge is -2.33. The first-order valence-corrected chi connectivity index (χ1v) is 10.2. The molecule has 2 rings (SSSR count). The Balaban J connectivity index is 1.94. The molecule has 1 heterocycles. The van der Waals surface area contributed by atoms with Gasteiger partial charge in [-0.2, -0.15) is 0 Å². The van der Waals surface area contributed by atoms with Crippen LogP contribution >= 0.6 is 0 Å². The van der Waals surface area contributed by atoms with Gasteiger partial charge in [0.15, 0.2) is 0 Å². The minimum atomic E-state index is -0.378. The first-order chi connectivity index (χ1) is 13.1. The van der Waals surface area contributed by atoms with Crippen molar-refractivity contribution < 1.29 is 14.3 Å². The van der Waals surface area contributed by atoms with Crippen LogP contribution in [0, 0.1) is 0 Å². The van der Waals surface area contributed by atoms with Crippen molar-refractivity contribution in [1.82, 2.24) is 15.5 Å². The molecule has 0 radical (unpaired) electrons. The molecule has 0 aromatic heterocycles. The highest BCUT2D eigenvalue weighted by atomic mass is 16.6. The maximum atomic E-state index is 12.5. The summed E-state index contributed by atoms with van der Waals surface area (Å²) >= 11 is 0. The van der Waals surface area contributed by atoms with Crippen molar-refractivity contribution in [1.29, 1.82) is 0 Å². The van der Waals surface area contributed by atoms with E-state index in [2.05, 4.69) is 35.8 Å². The Morgan fingerprint density at radius 3 is 2.57 bits per heavy atom. The van der Waals surface area contributed by atoms with Crippen LogP contribution in [-0.4, -0.2) is 41.3 Å². The van der Waals surface area contributed by atoms with Crippen LogP contribution in [0.4, 0.5) is 9.59 Å². The Morgan fingerprint density at radius 1 is 1.21 bits per heavy atom. The summed E-state index contributed by atoms with van der Waals surface area (Å²) in [5.41, 5.74) is 3.47. The highest BCUT2D eigenvalue weighted by Gasteiger charge is 2.25. The highest BCUT2D eigenvalue weighted by molar-refractivity contribution is 5.75. The average molecular weight is 390 g/mol. The molecule has 0 bridgehead atoms. The third-order valence-electron chi connectivity index (χ3n) is 5.15. The summed E-state index contributed by atoms with van der Waals surface area (Å²) in [4.78, 5) is 26.1. The molecule has 6 nitrogen and oxygen atoms in total. The Bertz CT molecular complexity index is 700. The molecular formula is C22H35N3O3. The number of fused-ring (bicyclic) bond motifs is 1. The number of urea groups is 1. The van der Waals surface area contributed by atoms with Crippen molar-refractivity contribution in [2.45, 2.75) is 85.0 Å². The van der Waals surface area contributed by atoms with Crippen LogP contribution in [0.1, 0.15) is 64.7 Å². The molecule has 28 heavy (non-hydrogen) atoms. The van der Waals surface area contributed by atoms with Crippen molar-refractivity contribution in [3.05, 3.63) is 34.9 Å². The van der Waals surface area contributed by atoms with Gasteiger partial charge in [0.05, 0.1) is 6.10 Å². The predicted molar refractivity (Wildman–Crippen MR) is 111 cm³/mol. The lowest BCUT2D eigenvalue weighted by atomic mass is 9.95. The first-order valence-electron chi connectivity index (χ1n) is 10.2. The third-order valence-corrected chi connectivity index (χ3v) is 5.15. The first kappa shape index (κ1) is 22.1. The molecule has 156 valence electrons. The molecule has 2 N–H and O–H groups in total. The van der Waals surface area contributed by atoms with Crippen LogP contribution < -0.4 is 10.6 Å². The highest BCUT2D eigenvalue weighted by Crippen LogP contribution is 2.22. The van der Waals surface area contributed by atoms with Crippen molar-refractivity contribution in [3.63, 3.8) is 0 Å². The summed E-state index contributed by atoms with van der Waals surface area (Å²) in [6.45, 7) is 13.2. The molecule has 0 aliphatic carbocycles. The molecule has 1 aliphatic rings. The van der Waals surface area contributed by atoms with Gasteiger partial charge in [-0.25, -0.2) is 9.59 Å². The Kier molecular flexibility index (Phi) is 7.33. The zero-order valence-electron chi connectivity index (χ0n) is 18.1. The lowest BCUT2D eigenvalue weighted by Crippen LogP contribution is -2.50.